The van der Waals surface area contributed by atoms with E-state index in [1.165, 1.54) is 233 Å². The van der Waals surface area contributed by atoms with Gasteiger partial charge in [0.1, 0.15) is 0 Å². The Hall–Kier alpha value is -16.0. The van der Waals surface area contributed by atoms with E-state index in [1.807, 2.05) is 0 Å². The number of rotatable bonds is 11. The van der Waals surface area contributed by atoms with Crippen LogP contribution in [0.4, 0.5) is 17.1 Å². The first-order chi connectivity index (χ1) is 64.8. The van der Waals surface area contributed by atoms with E-state index in [4.69, 9.17) is 0 Å². The van der Waals surface area contributed by atoms with Crippen LogP contribution in [0, 0.1) is 6.92 Å². The van der Waals surface area contributed by atoms with Crippen LogP contribution in [-0.2, 0) is 28.1 Å². The number of anilines is 3. The van der Waals surface area contributed by atoms with Gasteiger partial charge in [0.05, 0.1) is 21.9 Å². The number of fused-ring (bicyclic) bond motifs is 29. The van der Waals surface area contributed by atoms with Crippen molar-refractivity contribution >= 4 is 38.9 Å². The zero-order valence-electron chi connectivity index (χ0n) is 74.4. The van der Waals surface area contributed by atoms with Crippen LogP contribution in [-0.4, -0.2) is 4.57 Å². The van der Waals surface area contributed by atoms with Crippen molar-refractivity contribution in [2.75, 3.05) is 4.90 Å². The summed E-state index contributed by atoms with van der Waals surface area (Å²) < 4.78 is 2.39. The fraction of sp³-hybridized carbons (Fsp3) is 0.0769. The van der Waals surface area contributed by atoms with Gasteiger partial charge in [-0.2, -0.15) is 0 Å². The largest absolute Gasteiger partial charge is 0.311 e. The van der Waals surface area contributed by atoms with Crippen molar-refractivity contribution < 1.29 is 0 Å². The first kappa shape index (κ1) is 77.2. The fourth-order valence-electron chi connectivity index (χ4n) is 24.2. The topological polar surface area (TPSA) is 8.17 Å². The Labute approximate surface area is 772 Å². The van der Waals surface area contributed by atoms with Crippen LogP contribution in [0.3, 0.4) is 0 Å². The Morgan fingerprint density at radius 3 is 0.780 bits per heavy atom. The second-order valence-corrected chi connectivity index (χ2v) is 38.1. The van der Waals surface area contributed by atoms with Crippen molar-refractivity contribution in [2.24, 2.45) is 0 Å². The van der Waals surface area contributed by atoms with E-state index in [0.29, 0.717) is 0 Å². The van der Waals surface area contributed by atoms with E-state index in [0.717, 1.165) is 23.5 Å². The first-order valence-corrected chi connectivity index (χ1v) is 46.6. The van der Waals surface area contributed by atoms with Gasteiger partial charge in [-0.05, 0) is 311 Å². The van der Waals surface area contributed by atoms with Gasteiger partial charge in [0.2, 0.25) is 0 Å². The molecule has 0 radical (unpaired) electrons. The van der Waals surface area contributed by atoms with Crippen LogP contribution in [0.25, 0.3) is 150 Å². The third kappa shape index (κ3) is 11.5. The van der Waals surface area contributed by atoms with Crippen LogP contribution in [0.1, 0.15) is 111 Å². The van der Waals surface area contributed by atoms with Gasteiger partial charge < -0.3 is 9.47 Å². The number of hydrogen-bond acceptors (Lipinski definition) is 1. The number of aryl methyl sites for hydroxylation is 1. The fourth-order valence-corrected chi connectivity index (χ4v) is 24.2. The lowest BCUT2D eigenvalue weighted by atomic mass is 9.70. The molecule has 622 valence electrons. The lowest BCUT2D eigenvalue weighted by Gasteiger charge is -2.30. The van der Waals surface area contributed by atoms with Gasteiger partial charge in [-0.3, -0.25) is 0 Å². The Bertz CT molecular complexity index is 8190. The van der Waals surface area contributed by atoms with Gasteiger partial charge in [0.15, 0.2) is 0 Å². The molecule has 0 fully saturated rings. The predicted molar refractivity (Wildman–Crippen MR) is 551 cm³/mol. The first-order valence-electron chi connectivity index (χ1n) is 46.6. The minimum absolute atomic E-state index is 0.00755. The summed E-state index contributed by atoms with van der Waals surface area (Å²) in [5.74, 6) is 0. The van der Waals surface area contributed by atoms with Gasteiger partial charge in [0, 0.05) is 44.4 Å². The van der Waals surface area contributed by atoms with Crippen molar-refractivity contribution in [3.63, 3.8) is 0 Å². The van der Waals surface area contributed by atoms with Crippen molar-refractivity contribution in [1.29, 1.82) is 0 Å². The predicted octanol–water partition coefficient (Wildman–Crippen LogP) is 33.5. The molecule has 0 saturated heterocycles. The average molecular weight is 1680 g/mol. The number of nitrogens with zero attached hydrogens (tertiary/aromatic N) is 2. The maximum absolute atomic E-state index is 2.48. The normalized spacial score (nSPS) is 14.1. The van der Waals surface area contributed by atoms with E-state index in [9.17, 15) is 0 Å². The summed E-state index contributed by atoms with van der Waals surface area (Å²) in [6, 6.07) is 171. The molecule has 0 aliphatic heterocycles. The molecule has 132 heavy (non-hydrogen) atoms. The van der Waals surface area contributed by atoms with E-state index in [-0.39, 0.29) is 16.2 Å². The van der Waals surface area contributed by atoms with Crippen LogP contribution in [0.5, 0.6) is 0 Å². The number of benzene rings is 20. The molecule has 6 aliphatic carbocycles. The van der Waals surface area contributed by atoms with E-state index in [1.54, 1.807) is 0 Å². The molecule has 0 amide bonds. The van der Waals surface area contributed by atoms with Gasteiger partial charge in [-0.1, -0.05) is 391 Å². The molecule has 1 heterocycles. The minimum atomic E-state index is -0.392. The monoisotopic (exact) mass is 1680 g/mol. The average Bonchev–Trinajstić information content (AvgIpc) is 1.51. The maximum atomic E-state index is 2.48. The van der Waals surface area contributed by atoms with Gasteiger partial charge in [-0.25, -0.2) is 0 Å². The summed E-state index contributed by atoms with van der Waals surface area (Å²) in [7, 11) is 0. The zero-order valence-corrected chi connectivity index (χ0v) is 74.4. The maximum Gasteiger partial charge on any atom is 0.0725 e. The molecule has 0 unspecified atom stereocenters. The molecular weight excluding hydrogens is 1590 g/mol. The zero-order chi connectivity index (χ0) is 87.9. The third-order valence-corrected chi connectivity index (χ3v) is 30.5. The lowest BCUT2D eigenvalue weighted by molar-refractivity contribution is 0.660. The van der Waals surface area contributed by atoms with Crippen LogP contribution in [0.15, 0.2) is 455 Å². The molecule has 2 heteroatoms. The quantitative estimate of drug-likeness (QED) is 0.125. The molecule has 21 aromatic rings. The standard InChI is InChI=1S/C77H54N2.C53H38/c1-49-25-43-74-66(45-49)67-46-53(34-44-75(67)79(74)56-15-5-4-6-16-56)50-26-35-57(36-27-50)78(58-37-28-51(29-38-58)54-32-41-64-60-17-7-11-21-68(60)76(2,3)72(64)47-54)59-39-30-52(31-40-59)55-33-42-65-63-20-10-14-24-71(63)77(73(65)48-55)69-22-12-8-18-61(69)62-19-9-13-23-70(62)77;1-52(2)46-15-7-3-11-40(46)44-29-27-38(32-50(44)52)36-23-19-34(20-24-36)31-35-21-25-37(26-22-35)39-28-30-45-43-14-6-10-18-49(43)53(51(45)33-39)47-16-8-4-12-41(47)42-13-5-9-17-48(42)53/h4-48H,1-3H3;3-30,32-33H,31H2,1-2H3. The van der Waals surface area contributed by atoms with E-state index >= 15 is 0 Å². The van der Waals surface area contributed by atoms with Crippen molar-refractivity contribution in [2.45, 2.75) is 62.7 Å². The molecule has 27 rings (SSSR count). The lowest BCUT2D eigenvalue weighted by Crippen LogP contribution is -2.25. The Morgan fingerprint density at radius 2 is 0.439 bits per heavy atom. The second kappa shape index (κ2) is 29.5. The Morgan fingerprint density at radius 1 is 0.197 bits per heavy atom. The highest BCUT2D eigenvalue weighted by molar-refractivity contribution is 6.11. The molecule has 20 aromatic carbocycles. The van der Waals surface area contributed by atoms with Crippen LogP contribution >= 0.6 is 0 Å². The van der Waals surface area contributed by atoms with Crippen LogP contribution < -0.4 is 4.90 Å². The van der Waals surface area contributed by atoms with Gasteiger partial charge in [0.25, 0.3) is 0 Å². The highest BCUT2D eigenvalue weighted by Gasteiger charge is 2.54. The van der Waals surface area contributed by atoms with Crippen molar-refractivity contribution in [3.8, 4) is 128 Å². The van der Waals surface area contributed by atoms with Crippen molar-refractivity contribution in [3.05, 3.63) is 538 Å². The highest BCUT2D eigenvalue weighted by atomic mass is 15.1. The molecule has 2 spiro atoms. The number of hydrogen-bond donors (Lipinski definition) is 0. The third-order valence-electron chi connectivity index (χ3n) is 30.5. The summed E-state index contributed by atoms with van der Waals surface area (Å²) in [5, 5.41) is 2.52. The van der Waals surface area contributed by atoms with Crippen molar-refractivity contribution in [1.82, 2.24) is 4.57 Å². The van der Waals surface area contributed by atoms with Gasteiger partial charge >= 0.3 is 0 Å². The molecule has 0 saturated carbocycles. The summed E-state index contributed by atoms with van der Waals surface area (Å²) in [6.07, 6.45) is 0.906. The summed E-state index contributed by atoms with van der Waals surface area (Å²) in [5.41, 5.74) is 54.9. The van der Waals surface area contributed by atoms with Crippen LogP contribution in [0.2, 0.25) is 0 Å². The number of para-hydroxylation sites is 1. The molecule has 0 N–H and O–H groups in total. The SMILES string of the molecule is CC1(C)c2ccccc2-c2ccc(-c3ccc(Cc4ccc(-c5ccc6c(c5)C5(c7ccccc7-c7ccccc75)c5ccccc5-6)cc4)cc3)cc21.Cc1ccc2c(c1)c1cc(-c3ccc(N(c4ccc(-c5ccc6c(c5)C(C)(C)c5ccccc5-6)cc4)c4ccc(-c5ccc6c(c5)C5(c7ccccc7-c7ccccc75)c5ccccc5-6)cc4)cc3)ccc1n2-c1ccccc1. The highest BCUT2D eigenvalue weighted by Crippen LogP contribution is 2.66. The Kier molecular flexibility index (Phi) is 17.3. The molecule has 6 aliphatic rings. The number of aromatic nitrogens is 1. The second-order valence-electron chi connectivity index (χ2n) is 38.1. The van der Waals surface area contributed by atoms with E-state index < -0.39 is 5.41 Å². The van der Waals surface area contributed by atoms with E-state index in [2.05, 4.69) is 499 Å². The Balaban J connectivity index is 0.000000150. The minimum Gasteiger partial charge on any atom is -0.311 e. The molecular formula is C130H92N2. The molecule has 1 aromatic heterocycles. The van der Waals surface area contributed by atoms with Gasteiger partial charge in [-0.15, -0.1) is 0 Å². The summed E-state index contributed by atoms with van der Waals surface area (Å²) in [4.78, 5) is 2.40. The molecule has 0 bridgehead atoms. The summed E-state index contributed by atoms with van der Waals surface area (Å²) in [6.45, 7) is 11.6. The molecule has 0 atom stereocenters. The summed E-state index contributed by atoms with van der Waals surface area (Å²) >= 11 is 0. The molecule has 2 nitrogen and oxygen atoms in total. The smallest absolute Gasteiger partial charge is 0.0725 e.